The minimum Gasteiger partial charge on any atom is -0.377 e. The Morgan fingerprint density at radius 2 is 2.42 bits per heavy atom. The molecular formula is C9H20N2O. The van der Waals surface area contributed by atoms with Crippen LogP contribution in [-0.4, -0.2) is 43.3 Å². The van der Waals surface area contributed by atoms with E-state index in [1.807, 2.05) is 0 Å². The van der Waals surface area contributed by atoms with E-state index in [0.717, 1.165) is 32.7 Å². The molecule has 0 saturated carbocycles. The molecule has 0 aromatic heterocycles. The molecule has 0 aromatic rings. The lowest BCUT2D eigenvalue weighted by Crippen LogP contribution is -2.41. The highest BCUT2D eigenvalue weighted by atomic mass is 16.5. The third kappa shape index (κ3) is 2.73. The number of nitrogens with zero attached hydrogens (tertiary/aromatic N) is 1. The van der Waals surface area contributed by atoms with E-state index in [1.165, 1.54) is 0 Å². The van der Waals surface area contributed by atoms with Crippen LogP contribution in [0.15, 0.2) is 0 Å². The third-order valence-corrected chi connectivity index (χ3v) is 2.45. The first-order valence-corrected chi connectivity index (χ1v) is 4.79. The van der Waals surface area contributed by atoms with Crippen molar-refractivity contribution in [2.75, 3.05) is 26.2 Å². The summed E-state index contributed by atoms with van der Waals surface area (Å²) >= 11 is 0. The van der Waals surface area contributed by atoms with Crippen LogP contribution in [0.25, 0.3) is 0 Å². The summed E-state index contributed by atoms with van der Waals surface area (Å²) in [4.78, 5) is 2.41. The Labute approximate surface area is 74.9 Å². The third-order valence-electron chi connectivity index (χ3n) is 2.45. The monoisotopic (exact) mass is 172 g/mol. The highest BCUT2D eigenvalue weighted by Gasteiger charge is 2.18. The van der Waals surface area contributed by atoms with E-state index in [0.29, 0.717) is 12.1 Å². The fourth-order valence-corrected chi connectivity index (χ4v) is 1.58. The van der Waals surface area contributed by atoms with Crippen LogP contribution in [0.2, 0.25) is 0 Å². The van der Waals surface area contributed by atoms with Gasteiger partial charge in [0.15, 0.2) is 0 Å². The van der Waals surface area contributed by atoms with Crippen LogP contribution in [0, 0.1) is 0 Å². The predicted octanol–water partition coefficient (Wildman–Crippen LogP) is 0.444. The molecule has 0 aromatic carbocycles. The van der Waals surface area contributed by atoms with E-state index in [2.05, 4.69) is 18.7 Å². The minimum absolute atomic E-state index is 0.362. The zero-order valence-electron chi connectivity index (χ0n) is 8.12. The van der Waals surface area contributed by atoms with Crippen molar-refractivity contribution in [2.45, 2.75) is 32.4 Å². The molecule has 2 N–H and O–H groups in total. The summed E-state index contributed by atoms with van der Waals surface area (Å²) in [5, 5.41) is 0. The summed E-state index contributed by atoms with van der Waals surface area (Å²) in [6.45, 7) is 8.10. The average molecular weight is 172 g/mol. The molecule has 0 bridgehead atoms. The van der Waals surface area contributed by atoms with Crippen LogP contribution in [0.3, 0.4) is 0 Å². The molecule has 1 heterocycles. The predicted molar refractivity (Wildman–Crippen MR) is 50.1 cm³/mol. The first-order valence-electron chi connectivity index (χ1n) is 4.79. The lowest BCUT2D eigenvalue weighted by atomic mass is 10.2. The molecule has 72 valence electrons. The standard InChI is InChI=1S/C9H20N2O/c1-8(6-10)11-4-3-5-12-9(2)7-11/h8-9H,3-7,10H2,1-2H3. The SMILES string of the molecule is CC1CN(C(C)CN)CCCO1. The summed E-state index contributed by atoms with van der Waals surface area (Å²) in [5.41, 5.74) is 5.62. The van der Waals surface area contributed by atoms with Gasteiger partial charge in [-0.05, 0) is 20.3 Å². The first kappa shape index (κ1) is 9.96. The van der Waals surface area contributed by atoms with Gasteiger partial charge in [0, 0.05) is 32.3 Å². The minimum atomic E-state index is 0.362. The van der Waals surface area contributed by atoms with Gasteiger partial charge in [-0.3, -0.25) is 4.90 Å². The van der Waals surface area contributed by atoms with Gasteiger partial charge < -0.3 is 10.5 Å². The van der Waals surface area contributed by atoms with Crippen LogP contribution < -0.4 is 5.73 Å². The van der Waals surface area contributed by atoms with Gasteiger partial charge in [0.2, 0.25) is 0 Å². The number of ether oxygens (including phenoxy) is 1. The number of rotatable bonds is 2. The lowest BCUT2D eigenvalue weighted by Gasteiger charge is -2.27. The smallest absolute Gasteiger partial charge is 0.0674 e. The summed E-state index contributed by atoms with van der Waals surface area (Å²) in [5.74, 6) is 0. The molecule has 0 spiro atoms. The van der Waals surface area contributed by atoms with Crippen molar-refractivity contribution >= 4 is 0 Å². The second kappa shape index (κ2) is 4.80. The van der Waals surface area contributed by atoms with Crippen LogP contribution in [0.1, 0.15) is 20.3 Å². The molecule has 0 aliphatic carbocycles. The summed E-state index contributed by atoms with van der Waals surface area (Å²) in [7, 11) is 0. The maximum absolute atomic E-state index is 5.62. The van der Waals surface area contributed by atoms with Crippen LogP contribution >= 0.6 is 0 Å². The fraction of sp³-hybridized carbons (Fsp3) is 1.00. The highest BCUT2D eigenvalue weighted by molar-refractivity contribution is 4.72. The Bertz CT molecular complexity index is 130. The second-order valence-electron chi connectivity index (χ2n) is 3.61. The molecule has 3 nitrogen and oxygen atoms in total. The largest absolute Gasteiger partial charge is 0.377 e. The summed E-state index contributed by atoms with van der Waals surface area (Å²) in [6, 6.07) is 0.495. The van der Waals surface area contributed by atoms with Gasteiger partial charge in [-0.1, -0.05) is 0 Å². The van der Waals surface area contributed by atoms with Gasteiger partial charge in [-0.2, -0.15) is 0 Å². The van der Waals surface area contributed by atoms with E-state index in [-0.39, 0.29) is 0 Å². The Kier molecular flexibility index (Phi) is 3.98. The number of hydrogen-bond donors (Lipinski definition) is 1. The van der Waals surface area contributed by atoms with Gasteiger partial charge in [0.05, 0.1) is 6.10 Å². The van der Waals surface area contributed by atoms with Crippen LogP contribution in [-0.2, 0) is 4.74 Å². The molecule has 0 radical (unpaired) electrons. The Hall–Kier alpha value is -0.120. The van der Waals surface area contributed by atoms with Crippen molar-refractivity contribution in [1.82, 2.24) is 4.90 Å². The molecule has 12 heavy (non-hydrogen) atoms. The van der Waals surface area contributed by atoms with Gasteiger partial charge in [0.25, 0.3) is 0 Å². The van der Waals surface area contributed by atoms with Crippen molar-refractivity contribution in [2.24, 2.45) is 5.73 Å². The molecule has 2 unspecified atom stereocenters. The van der Waals surface area contributed by atoms with Gasteiger partial charge in [-0.15, -0.1) is 0 Å². The topological polar surface area (TPSA) is 38.5 Å². The van der Waals surface area contributed by atoms with Gasteiger partial charge >= 0.3 is 0 Å². The van der Waals surface area contributed by atoms with E-state index >= 15 is 0 Å². The molecule has 1 aliphatic heterocycles. The van der Waals surface area contributed by atoms with Crippen LogP contribution in [0.5, 0.6) is 0 Å². The van der Waals surface area contributed by atoms with Crippen LogP contribution in [0.4, 0.5) is 0 Å². The maximum Gasteiger partial charge on any atom is 0.0674 e. The average Bonchev–Trinajstić information content (AvgIpc) is 2.28. The summed E-state index contributed by atoms with van der Waals surface area (Å²) < 4.78 is 5.55. The zero-order chi connectivity index (χ0) is 8.97. The second-order valence-corrected chi connectivity index (χ2v) is 3.61. The molecule has 1 fully saturated rings. The molecular weight excluding hydrogens is 152 g/mol. The Morgan fingerprint density at radius 1 is 1.67 bits per heavy atom. The molecule has 1 rings (SSSR count). The fourth-order valence-electron chi connectivity index (χ4n) is 1.58. The quantitative estimate of drug-likeness (QED) is 0.657. The highest BCUT2D eigenvalue weighted by Crippen LogP contribution is 2.07. The van der Waals surface area contributed by atoms with Crippen molar-refractivity contribution in [1.29, 1.82) is 0 Å². The number of hydrogen-bond acceptors (Lipinski definition) is 3. The lowest BCUT2D eigenvalue weighted by molar-refractivity contribution is 0.0627. The van der Waals surface area contributed by atoms with Crippen molar-refractivity contribution in [3.63, 3.8) is 0 Å². The van der Waals surface area contributed by atoms with E-state index in [9.17, 15) is 0 Å². The van der Waals surface area contributed by atoms with Crippen molar-refractivity contribution in [3.05, 3.63) is 0 Å². The normalized spacial score (nSPS) is 29.8. The van der Waals surface area contributed by atoms with Crippen molar-refractivity contribution < 1.29 is 4.74 Å². The molecule has 0 amide bonds. The first-order chi connectivity index (χ1) is 5.74. The van der Waals surface area contributed by atoms with E-state index in [1.54, 1.807) is 0 Å². The molecule has 3 heteroatoms. The summed E-state index contributed by atoms with van der Waals surface area (Å²) in [6.07, 6.45) is 1.50. The van der Waals surface area contributed by atoms with E-state index < -0.39 is 0 Å². The van der Waals surface area contributed by atoms with Crippen molar-refractivity contribution in [3.8, 4) is 0 Å². The molecule has 1 saturated heterocycles. The molecule has 2 atom stereocenters. The Morgan fingerprint density at radius 3 is 3.08 bits per heavy atom. The van der Waals surface area contributed by atoms with Gasteiger partial charge in [-0.25, -0.2) is 0 Å². The van der Waals surface area contributed by atoms with Gasteiger partial charge in [0.1, 0.15) is 0 Å². The number of nitrogens with two attached hydrogens (primary N) is 1. The zero-order valence-corrected chi connectivity index (χ0v) is 8.12. The maximum atomic E-state index is 5.62. The molecule has 1 aliphatic rings. The Balaban J connectivity index is 2.40. The van der Waals surface area contributed by atoms with E-state index in [4.69, 9.17) is 10.5 Å².